The molecule has 2 aromatic rings. The summed E-state index contributed by atoms with van der Waals surface area (Å²) in [6.07, 6.45) is 4.85. The van der Waals surface area contributed by atoms with Crippen LogP contribution in [0.4, 0.5) is 15.8 Å². The average Bonchev–Trinajstić information content (AvgIpc) is 2.76. The second-order valence-electron chi connectivity index (χ2n) is 7.73. The van der Waals surface area contributed by atoms with E-state index in [0.29, 0.717) is 5.69 Å². The molecule has 0 radical (unpaired) electrons. The van der Waals surface area contributed by atoms with E-state index in [1.165, 1.54) is 18.2 Å². The van der Waals surface area contributed by atoms with Crippen LogP contribution in [0.5, 0.6) is 0 Å². The van der Waals surface area contributed by atoms with Crippen LogP contribution in [0.3, 0.4) is 0 Å². The summed E-state index contributed by atoms with van der Waals surface area (Å²) >= 11 is 0. The first-order chi connectivity index (χ1) is 14.0. The van der Waals surface area contributed by atoms with Crippen LogP contribution in [0, 0.1) is 17.7 Å². The van der Waals surface area contributed by atoms with Gasteiger partial charge in [-0.25, -0.2) is 4.39 Å². The molecule has 0 aromatic heterocycles. The van der Waals surface area contributed by atoms with Gasteiger partial charge in [-0.05, 0) is 36.6 Å². The number of anilines is 2. The van der Waals surface area contributed by atoms with Crippen molar-refractivity contribution in [2.45, 2.75) is 45.1 Å². The Hall–Kier alpha value is -2.44. The molecule has 0 heterocycles. The molecule has 4 N–H and O–H groups in total. The standard InChI is InChI=1S/C23H28FN3O2.ClH/c1-15(21(25)16-8-4-2-5-9-16)22(28)26-18-12-13-19(24)20(14-18)27-23(29)17-10-6-3-7-11-17;/h2,4-5,8-9,12-15,17,21H,3,6-7,10-11,25H2,1H3,(H,26,28)(H,27,29);1H. The van der Waals surface area contributed by atoms with Gasteiger partial charge in [-0.1, -0.05) is 56.5 Å². The quantitative estimate of drug-likeness (QED) is 0.596. The number of nitrogens with one attached hydrogen (secondary N) is 2. The molecule has 0 aliphatic heterocycles. The van der Waals surface area contributed by atoms with Crippen LogP contribution in [0.1, 0.15) is 50.6 Å². The second kappa shape index (κ2) is 11.1. The van der Waals surface area contributed by atoms with Crippen LogP contribution >= 0.6 is 12.4 Å². The number of rotatable bonds is 6. The number of hydrogen-bond acceptors (Lipinski definition) is 3. The van der Waals surface area contributed by atoms with Gasteiger partial charge in [0.1, 0.15) is 5.82 Å². The van der Waals surface area contributed by atoms with Crippen molar-refractivity contribution in [1.82, 2.24) is 0 Å². The number of hydrogen-bond donors (Lipinski definition) is 3. The summed E-state index contributed by atoms with van der Waals surface area (Å²) < 4.78 is 14.2. The SMILES string of the molecule is CC(C(=O)Nc1ccc(F)c(NC(=O)C2CCCCC2)c1)C(N)c1ccccc1.Cl. The van der Waals surface area contributed by atoms with E-state index in [4.69, 9.17) is 5.73 Å². The minimum atomic E-state index is -0.527. The molecule has 1 saturated carbocycles. The molecule has 1 fully saturated rings. The van der Waals surface area contributed by atoms with Gasteiger partial charge >= 0.3 is 0 Å². The van der Waals surface area contributed by atoms with Gasteiger partial charge in [-0.3, -0.25) is 9.59 Å². The van der Waals surface area contributed by atoms with E-state index < -0.39 is 17.8 Å². The lowest BCUT2D eigenvalue weighted by Crippen LogP contribution is -2.30. The molecule has 1 aliphatic rings. The zero-order valence-corrected chi connectivity index (χ0v) is 17.9. The lowest BCUT2D eigenvalue weighted by molar-refractivity contribution is -0.121. The summed E-state index contributed by atoms with van der Waals surface area (Å²) in [5.74, 6) is -1.52. The normalized spacial score (nSPS) is 16.1. The molecule has 0 spiro atoms. The smallest absolute Gasteiger partial charge is 0.229 e. The summed E-state index contributed by atoms with van der Waals surface area (Å²) in [6, 6.07) is 13.1. The average molecular weight is 434 g/mol. The van der Waals surface area contributed by atoms with E-state index in [2.05, 4.69) is 10.6 Å². The molecule has 1 aliphatic carbocycles. The van der Waals surface area contributed by atoms with Crippen molar-refractivity contribution in [2.24, 2.45) is 17.6 Å². The van der Waals surface area contributed by atoms with Crippen molar-refractivity contribution in [3.8, 4) is 0 Å². The highest BCUT2D eigenvalue weighted by Gasteiger charge is 2.24. The fourth-order valence-corrected chi connectivity index (χ4v) is 3.68. The molecule has 2 amide bonds. The molecule has 2 aromatic carbocycles. The van der Waals surface area contributed by atoms with Crippen LogP contribution < -0.4 is 16.4 Å². The fourth-order valence-electron chi connectivity index (χ4n) is 3.68. The summed E-state index contributed by atoms with van der Waals surface area (Å²) in [6.45, 7) is 1.75. The highest BCUT2D eigenvalue weighted by molar-refractivity contribution is 5.96. The monoisotopic (exact) mass is 433 g/mol. The number of halogens is 2. The zero-order chi connectivity index (χ0) is 20.8. The Bertz CT molecular complexity index is 857. The largest absolute Gasteiger partial charge is 0.326 e. The van der Waals surface area contributed by atoms with E-state index in [-0.39, 0.29) is 35.8 Å². The predicted octanol–water partition coefficient (Wildman–Crippen LogP) is 5.04. The lowest BCUT2D eigenvalue weighted by Gasteiger charge is -2.21. The number of carbonyl (C=O) groups excluding carboxylic acids is 2. The maximum Gasteiger partial charge on any atom is 0.229 e. The maximum atomic E-state index is 14.2. The molecule has 2 atom stereocenters. The van der Waals surface area contributed by atoms with Crippen LogP contribution in [0.2, 0.25) is 0 Å². The Morgan fingerprint density at radius 3 is 2.37 bits per heavy atom. The van der Waals surface area contributed by atoms with E-state index in [1.807, 2.05) is 30.3 Å². The fraction of sp³-hybridized carbons (Fsp3) is 0.391. The van der Waals surface area contributed by atoms with Crippen molar-refractivity contribution in [3.63, 3.8) is 0 Å². The summed E-state index contributed by atoms with van der Waals surface area (Å²) in [4.78, 5) is 25.0. The minimum Gasteiger partial charge on any atom is -0.326 e. The van der Waals surface area contributed by atoms with Gasteiger partial charge in [-0.2, -0.15) is 0 Å². The first-order valence-corrected chi connectivity index (χ1v) is 10.2. The Labute approximate surface area is 183 Å². The lowest BCUT2D eigenvalue weighted by atomic mass is 9.88. The highest BCUT2D eigenvalue weighted by atomic mass is 35.5. The second-order valence-corrected chi connectivity index (χ2v) is 7.73. The molecular weight excluding hydrogens is 405 g/mol. The van der Waals surface area contributed by atoms with Gasteiger partial charge in [0.2, 0.25) is 11.8 Å². The van der Waals surface area contributed by atoms with Crippen molar-refractivity contribution in [2.75, 3.05) is 10.6 Å². The molecule has 5 nitrogen and oxygen atoms in total. The third-order valence-corrected chi connectivity index (χ3v) is 5.60. The summed E-state index contributed by atoms with van der Waals surface area (Å²) in [5.41, 5.74) is 7.59. The van der Waals surface area contributed by atoms with Crippen LogP contribution in [-0.2, 0) is 9.59 Å². The van der Waals surface area contributed by atoms with E-state index in [1.54, 1.807) is 6.92 Å². The Morgan fingerprint density at radius 1 is 1.03 bits per heavy atom. The van der Waals surface area contributed by atoms with Gasteiger partial charge in [0.25, 0.3) is 0 Å². The van der Waals surface area contributed by atoms with Crippen molar-refractivity contribution < 1.29 is 14.0 Å². The van der Waals surface area contributed by atoms with Crippen LogP contribution in [0.15, 0.2) is 48.5 Å². The van der Waals surface area contributed by atoms with Gasteiger partial charge in [-0.15, -0.1) is 12.4 Å². The van der Waals surface area contributed by atoms with E-state index in [0.717, 1.165) is 37.7 Å². The zero-order valence-electron chi connectivity index (χ0n) is 17.1. The van der Waals surface area contributed by atoms with Crippen LogP contribution in [0.25, 0.3) is 0 Å². The highest BCUT2D eigenvalue weighted by Crippen LogP contribution is 2.27. The van der Waals surface area contributed by atoms with Crippen LogP contribution in [-0.4, -0.2) is 11.8 Å². The Kier molecular flexibility index (Phi) is 8.81. The predicted molar refractivity (Wildman–Crippen MR) is 120 cm³/mol. The van der Waals surface area contributed by atoms with E-state index in [9.17, 15) is 14.0 Å². The van der Waals surface area contributed by atoms with Crippen molar-refractivity contribution in [1.29, 1.82) is 0 Å². The number of nitrogens with two attached hydrogens (primary N) is 1. The van der Waals surface area contributed by atoms with Gasteiger partial charge in [0, 0.05) is 17.6 Å². The molecule has 2 unspecified atom stereocenters. The van der Waals surface area contributed by atoms with E-state index >= 15 is 0 Å². The number of amides is 2. The maximum absolute atomic E-state index is 14.2. The molecule has 3 rings (SSSR count). The van der Waals surface area contributed by atoms with Gasteiger partial charge in [0.15, 0.2) is 0 Å². The third-order valence-electron chi connectivity index (χ3n) is 5.60. The van der Waals surface area contributed by atoms with Gasteiger partial charge < -0.3 is 16.4 Å². The molecule has 162 valence electrons. The molecule has 30 heavy (non-hydrogen) atoms. The van der Waals surface area contributed by atoms with Gasteiger partial charge in [0.05, 0.1) is 11.6 Å². The Morgan fingerprint density at radius 2 is 1.70 bits per heavy atom. The summed E-state index contributed by atoms with van der Waals surface area (Å²) in [5, 5.41) is 5.46. The first kappa shape index (κ1) is 23.8. The molecule has 0 saturated heterocycles. The third kappa shape index (κ3) is 6.03. The number of benzene rings is 2. The molecular formula is C23H29ClFN3O2. The summed E-state index contributed by atoms with van der Waals surface area (Å²) in [7, 11) is 0. The molecule has 0 bridgehead atoms. The van der Waals surface area contributed by atoms with Crippen molar-refractivity contribution in [3.05, 3.63) is 59.9 Å². The first-order valence-electron chi connectivity index (χ1n) is 10.2. The topological polar surface area (TPSA) is 84.2 Å². The number of carbonyl (C=O) groups is 2. The Balaban J connectivity index is 0.00000320. The molecule has 7 heteroatoms. The van der Waals surface area contributed by atoms with Crippen molar-refractivity contribution >= 4 is 35.6 Å². The minimum absolute atomic E-state index is 0.